The molecule has 1 atom stereocenters. The summed E-state index contributed by atoms with van der Waals surface area (Å²) in [6.07, 6.45) is 8.09. The van der Waals surface area contributed by atoms with E-state index in [1.54, 1.807) is 18.6 Å². The molecule has 6 heteroatoms. The summed E-state index contributed by atoms with van der Waals surface area (Å²) in [6, 6.07) is 3.80. The first kappa shape index (κ1) is 13.9. The molecule has 0 spiro atoms. The largest absolute Gasteiger partial charge is 0.454 e. The van der Waals surface area contributed by atoms with Gasteiger partial charge in [-0.2, -0.15) is 0 Å². The zero-order valence-corrected chi connectivity index (χ0v) is 11.9. The fraction of sp³-hybridized carbons (Fsp3) is 0.467. The molecule has 0 aromatic carbocycles. The Morgan fingerprint density at radius 3 is 3.10 bits per heavy atom. The van der Waals surface area contributed by atoms with Gasteiger partial charge in [-0.15, -0.1) is 0 Å². The Kier molecular flexibility index (Phi) is 4.06. The maximum absolute atomic E-state index is 12.4. The van der Waals surface area contributed by atoms with Crippen LogP contribution in [0.4, 0.5) is 0 Å². The topological polar surface area (TPSA) is 77.3 Å². The number of carbonyl (C=O) groups excluding carboxylic acids is 1. The number of aromatic nitrogens is 2. The molecule has 6 nitrogen and oxygen atoms in total. The van der Waals surface area contributed by atoms with E-state index in [2.05, 4.69) is 4.98 Å². The summed E-state index contributed by atoms with van der Waals surface area (Å²) in [6.45, 7) is 2.04. The molecule has 0 bridgehead atoms. The summed E-state index contributed by atoms with van der Waals surface area (Å²) in [7, 11) is 0. The van der Waals surface area contributed by atoms with E-state index in [0.29, 0.717) is 18.8 Å². The second-order valence-corrected chi connectivity index (χ2v) is 5.48. The second-order valence-electron chi connectivity index (χ2n) is 5.48. The number of nitrogens with zero attached hydrogens (tertiary/aromatic N) is 3. The number of hydrogen-bond donors (Lipinski definition) is 1. The third-order valence-electron chi connectivity index (χ3n) is 3.83. The summed E-state index contributed by atoms with van der Waals surface area (Å²) in [5, 5.41) is 0. The van der Waals surface area contributed by atoms with Crippen LogP contribution in [0.5, 0.6) is 0 Å². The van der Waals surface area contributed by atoms with E-state index in [1.807, 2.05) is 21.7 Å². The normalized spacial score (nSPS) is 19.5. The van der Waals surface area contributed by atoms with Gasteiger partial charge in [0.25, 0.3) is 5.91 Å². The van der Waals surface area contributed by atoms with Crippen molar-refractivity contribution in [2.24, 2.45) is 5.73 Å². The molecule has 1 saturated heterocycles. The Labute approximate surface area is 123 Å². The van der Waals surface area contributed by atoms with Crippen LogP contribution >= 0.6 is 0 Å². The monoisotopic (exact) mass is 288 g/mol. The van der Waals surface area contributed by atoms with E-state index in [0.717, 1.165) is 31.6 Å². The van der Waals surface area contributed by atoms with Crippen LogP contribution in [-0.2, 0) is 6.54 Å². The number of carbonyl (C=O) groups is 1. The lowest BCUT2D eigenvalue weighted by Gasteiger charge is -2.18. The molecule has 0 radical (unpaired) electrons. The smallest absolute Gasteiger partial charge is 0.289 e. The minimum atomic E-state index is -0.0408. The van der Waals surface area contributed by atoms with Crippen molar-refractivity contribution in [3.05, 3.63) is 42.4 Å². The van der Waals surface area contributed by atoms with Crippen LogP contribution in [0.25, 0.3) is 0 Å². The Bertz CT molecular complexity index is 591. The molecule has 2 aromatic rings. The molecular formula is C15H20N4O2. The van der Waals surface area contributed by atoms with E-state index in [4.69, 9.17) is 10.2 Å². The number of nitrogens with two attached hydrogens (primary N) is 1. The van der Waals surface area contributed by atoms with Gasteiger partial charge in [0.15, 0.2) is 5.76 Å². The fourth-order valence-corrected chi connectivity index (χ4v) is 2.62. The lowest BCUT2D eigenvalue weighted by molar-refractivity contribution is 0.0727. The minimum Gasteiger partial charge on any atom is -0.454 e. The van der Waals surface area contributed by atoms with Crippen molar-refractivity contribution in [3.8, 4) is 0 Å². The van der Waals surface area contributed by atoms with Crippen molar-refractivity contribution in [3.63, 3.8) is 0 Å². The van der Waals surface area contributed by atoms with Crippen LogP contribution in [0.3, 0.4) is 0 Å². The van der Waals surface area contributed by atoms with Gasteiger partial charge in [0.05, 0.1) is 12.9 Å². The number of imidazole rings is 1. The Morgan fingerprint density at radius 1 is 1.38 bits per heavy atom. The Hall–Kier alpha value is -2.08. The maximum atomic E-state index is 12.4. The molecule has 3 heterocycles. The highest BCUT2D eigenvalue weighted by molar-refractivity contribution is 5.91. The molecule has 0 aliphatic carbocycles. The van der Waals surface area contributed by atoms with Crippen LogP contribution in [0.15, 0.2) is 35.3 Å². The average molecular weight is 288 g/mol. The van der Waals surface area contributed by atoms with Crippen LogP contribution < -0.4 is 5.73 Å². The molecule has 1 amide bonds. The number of rotatable bonds is 3. The number of amides is 1. The lowest BCUT2D eigenvalue weighted by Crippen LogP contribution is -2.32. The van der Waals surface area contributed by atoms with Crippen molar-refractivity contribution in [1.82, 2.24) is 14.5 Å². The van der Waals surface area contributed by atoms with Gasteiger partial charge in [-0.1, -0.05) is 0 Å². The van der Waals surface area contributed by atoms with Gasteiger partial charge in [-0.3, -0.25) is 4.79 Å². The third kappa shape index (κ3) is 3.33. The van der Waals surface area contributed by atoms with Crippen molar-refractivity contribution >= 4 is 5.91 Å². The zero-order chi connectivity index (χ0) is 14.7. The van der Waals surface area contributed by atoms with Gasteiger partial charge in [0, 0.05) is 31.5 Å². The molecule has 112 valence electrons. The number of hydrogen-bond acceptors (Lipinski definition) is 4. The van der Waals surface area contributed by atoms with Gasteiger partial charge < -0.3 is 19.6 Å². The standard InChI is InChI=1S/C15H20N4O2/c16-12-2-1-7-19(8-5-12)15(20)14-4-3-13(21-14)10-18-9-6-17-11-18/h3-4,6,9,11-12H,1-2,5,7-8,10,16H2/t12-/m0/s1. The molecule has 3 rings (SSSR count). The third-order valence-corrected chi connectivity index (χ3v) is 3.83. The quantitative estimate of drug-likeness (QED) is 0.928. The van der Waals surface area contributed by atoms with E-state index >= 15 is 0 Å². The van der Waals surface area contributed by atoms with Crippen molar-refractivity contribution in [1.29, 1.82) is 0 Å². The van der Waals surface area contributed by atoms with Crippen LogP contribution in [0, 0.1) is 0 Å². The summed E-state index contributed by atoms with van der Waals surface area (Å²) < 4.78 is 7.57. The van der Waals surface area contributed by atoms with Gasteiger partial charge in [-0.25, -0.2) is 4.98 Å². The number of furan rings is 1. The summed E-state index contributed by atoms with van der Waals surface area (Å²) in [5.74, 6) is 1.12. The fourth-order valence-electron chi connectivity index (χ4n) is 2.62. The molecule has 1 aliphatic rings. The predicted molar refractivity (Wildman–Crippen MR) is 77.8 cm³/mol. The van der Waals surface area contributed by atoms with Crippen molar-refractivity contribution < 1.29 is 9.21 Å². The molecule has 1 fully saturated rings. The van der Waals surface area contributed by atoms with Crippen LogP contribution in [0.2, 0.25) is 0 Å². The summed E-state index contributed by atoms with van der Waals surface area (Å²) >= 11 is 0. The molecule has 21 heavy (non-hydrogen) atoms. The summed E-state index contributed by atoms with van der Waals surface area (Å²) in [4.78, 5) is 18.3. The van der Waals surface area contributed by atoms with Gasteiger partial charge in [-0.05, 0) is 31.4 Å². The first-order chi connectivity index (χ1) is 10.2. The Morgan fingerprint density at radius 2 is 2.29 bits per heavy atom. The van der Waals surface area contributed by atoms with Gasteiger partial charge in [0.1, 0.15) is 5.76 Å². The zero-order valence-electron chi connectivity index (χ0n) is 11.9. The molecular weight excluding hydrogens is 268 g/mol. The highest BCUT2D eigenvalue weighted by Crippen LogP contribution is 2.16. The first-order valence-corrected chi connectivity index (χ1v) is 7.31. The highest BCUT2D eigenvalue weighted by Gasteiger charge is 2.22. The SMILES string of the molecule is N[C@H]1CCCN(C(=O)c2ccc(Cn3ccnc3)o2)CC1. The van der Waals surface area contributed by atoms with Crippen LogP contribution in [-0.4, -0.2) is 39.5 Å². The first-order valence-electron chi connectivity index (χ1n) is 7.31. The van der Waals surface area contributed by atoms with E-state index in [-0.39, 0.29) is 11.9 Å². The van der Waals surface area contributed by atoms with E-state index in [9.17, 15) is 4.79 Å². The number of likely N-dealkylation sites (tertiary alicyclic amines) is 1. The Balaban J connectivity index is 1.66. The highest BCUT2D eigenvalue weighted by atomic mass is 16.4. The lowest BCUT2D eigenvalue weighted by atomic mass is 10.1. The predicted octanol–water partition coefficient (Wildman–Crippen LogP) is 1.48. The molecule has 0 saturated carbocycles. The average Bonchev–Trinajstić information content (AvgIpc) is 3.10. The van der Waals surface area contributed by atoms with Crippen LogP contribution in [0.1, 0.15) is 35.6 Å². The van der Waals surface area contributed by atoms with Gasteiger partial charge >= 0.3 is 0 Å². The van der Waals surface area contributed by atoms with Crippen molar-refractivity contribution in [2.45, 2.75) is 31.8 Å². The molecule has 0 unspecified atom stereocenters. The molecule has 1 aliphatic heterocycles. The van der Waals surface area contributed by atoms with E-state index in [1.165, 1.54) is 0 Å². The second kappa shape index (κ2) is 6.13. The van der Waals surface area contributed by atoms with Gasteiger partial charge in [0.2, 0.25) is 0 Å². The summed E-state index contributed by atoms with van der Waals surface area (Å²) in [5.41, 5.74) is 5.95. The molecule has 2 aromatic heterocycles. The maximum Gasteiger partial charge on any atom is 0.289 e. The van der Waals surface area contributed by atoms with Crippen molar-refractivity contribution in [2.75, 3.05) is 13.1 Å². The van der Waals surface area contributed by atoms with E-state index < -0.39 is 0 Å². The molecule has 2 N–H and O–H groups in total. The minimum absolute atomic E-state index is 0.0408.